The Bertz CT molecular complexity index is 327. The minimum atomic E-state index is -0.805. The van der Waals surface area contributed by atoms with Crippen molar-refractivity contribution in [2.75, 3.05) is 6.54 Å². The molecule has 1 atom stereocenters. The fourth-order valence-corrected chi connectivity index (χ4v) is 1.29. The van der Waals surface area contributed by atoms with Crippen molar-refractivity contribution in [2.45, 2.75) is 18.9 Å². The molecule has 16 heavy (non-hydrogen) atoms. The van der Waals surface area contributed by atoms with Gasteiger partial charge < -0.3 is 15.9 Å². The molecule has 0 radical (unpaired) electrons. The van der Waals surface area contributed by atoms with Crippen molar-refractivity contribution in [2.24, 2.45) is 5.73 Å². The van der Waals surface area contributed by atoms with E-state index in [0.717, 1.165) is 11.1 Å². The molecule has 0 saturated carbocycles. The van der Waals surface area contributed by atoms with Crippen molar-refractivity contribution in [3.8, 4) is 0 Å². The second-order valence-electron chi connectivity index (χ2n) is 3.39. The number of hydrogen-bond acceptors (Lipinski definition) is 3. The Morgan fingerprint density at radius 3 is 2.31 bits per heavy atom. The Morgan fingerprint density at radius 1 is 1.31 bits per heavy atom. The number of benzene rings is 1. The van der Waals surface area contributed by atoms with Crippen LogP contribution >= 0.6 is 12.4 Å². The summed E-state index contributed by atoms with van der Waals surface area (Å²) in [6, 6.07) is 7.18. The van der Waals surface area contributed by atoms with E-state index in [0.29, 0.717) is 6.42 Å². The lowest BCUT2D eigenvalue weighted by Crippen LogP contribution is -2.11. The third-order valence-corrected chi connectivity index (χ3v) is 2.22. The summed E-state index contributed by atoms with van der Waals surface area (Å²) >= 11 is 0. The molecule has 0 spiro atoms. The van der Waals surface area contributed by atoms with Crippen molar-refractivity contribution in [3.63, 3.8) is 0 Å². The highest BCUT2D eigenvalue weighted by molar-refractivity contribution is 5.85. The zero-order chi connectivity index (χ0) is 11.3. The average Bonchev–Trinajstić information content (AvgIpc) is 2.26. The van der Waals surface area contributed by atoms with Crippen LogP contribution in [0.25, 0.3) is 0 Å². The van der Waals surface area contributed by atoms with Crippen LogP contribution < -0.4 is 5.73 Å². The SMILES string of the molecule is Cl.NCC(O)c1ccc(CCC(=O)O)cc1. The lowest BCUT2D eigenvalue weighted by molar-refractivity contribution is -0.136. The van der Waals surface area contributed by atoms with Crippen LogP contribution in [0.3, 0.4) is 0 Å². The predicted molar refractivity (Wildman–Crippen MR) is 63.7 cm³/mol. The van der Waals surface area contributed by atoms with Crippen LogP contribution in [0.4, 0.5) is 0 Å². The Kier molecular flexibility index (Phi) is 6.72. The van der Waals surface area contributed by atoms with Gasteiger partial charge in [-0.2, -0.15) is 0 Å². The molecule has 0 fully saturated rings. The fraction of sp³-hybridized carbons (Fsp3) is 0.364. The highest BCUT2D eigenvalue weighted by Gasteiger charge is 2.04. The molecule has 90 valence electrons. The first-order valence-corrected chi connectivity index (χ1v) is 4.82. The summed E-state index contributed by atoms with van der Waals surface area (Å²) in [6.45, 7) is 0.189. The molecule has 0 bridgehead atoms. The standard InChI is InChI=1S/C11H15NO3.ClH/c12-7-10(13)9-4-1-8(2-5-9)3-6-11(14)15;/h1-2,4-5,10,13H,3,6-7,12H2,(H,14,15);1H. The molecule has 4 nitrogen and oxygen atoms in total. The second kappa shape index (κ2) is 7.22. The number of aryl methyl sites for hydroxylation is 1. The summed E-state index contributed by atoms with van der Waals surface area (Å²) < 4.78 is 0. The minimum absolute atomic E-state index is 0. The summed E-state index contributed by atoms with van der Waals surface area (Å²) in [5.41, 5.74) is 7.02. The molecule has 1 aromatic carbocycles. The molecule has 0 aliphatic heterocycles. The van der Waals surface area contributed by atoms with Crippen LogP contribution in [-0.4, -0.2) is 22.7 Å². The molecule has 0 saturated heterocycles. The largest absolute Gasteiger partial charge is 0.481 e. The maximum atomic E-state index is 10.3. The Morgan fingerprint density at radius 2 is 1.88 bits per heavy atom. The number of carbonyl (C=O) groups is 1. The zero-order valence-corrected chi connectivity index (χ0v) is 9.61. The number of aliphatic hydroxyl groups is 1. The molecule has 1 rings (SSSR count). The van der Waals surface area contributed by atoms with Crippen molar-refractivity contribution in [1.29, 1.82) is 0 Å². The Balaban J connectivity index is 0.00000225. The van der Waals surface area contributed by atoms with E-state index in [2.05, 4.69) is 0 Å². The van der Waals surface area contributed by atoms with Crippen LogP contribution in [0.15, 0.2) is 24.3 Å². The number of hydrogen-bond donors (Lipinski definition) is 3. The van der Waals surface area contributed by atoms with Gasteiger partial charge in [0.25, 0.3) is 0 Å². The van der Waals surface area contributed by atoms with Gasteiger partial charge in [0.05, 0.1) is 6.10 Å². The molecular formula is C11H16ClNO3. The first-order chi connectivity index (χ1) is 7.13. The first kappa shape index (κ1) is 14.9. The maximum absolute atomic E-state index is 10.3. The van der Waals surface area contributed by atoms with E-state index in [-0.39, 0.29) is 25.4 Å². The van der Waals surface area contributed by atoms with Crippen LogP contribution in [-0.2, 0) is 11.2 Å². The minimum Gasteiger partial charge on any atom is -0.481 e. The van der Waals surface area contributed by atoms with Crippen molar-refractivity contribution in [1.82, 2.24) is 0 Å². The van der Waals surface area contributed by atoms with Crippen LogP contribution in [0.1, 0.15) is 23.7 Å². The van der Waals surface area contributed by atoms with Gasteiger partial charge in [0, 0.05) is 13.0 Å². The summed E-state index contributed by atoms with van der Waals surface area (Å²) in [4.78, 5) is 10.3. The maximum Gasteiger partial charge on any atom is 0.303 e. The number of nitrogens with two attached hydrogens (primary N) is 1. The van der Waals surface area contributed by atoms with Gasteiger partial charge in [0.1, 0.15) is 0 Å². The molecule has 0 aliphatic carbocycles. The van der Waals surface area contributed by atoms with Gasteiger partial charge in [-0.25, -0.2) is 0 Å². The van der Waals surface area contributed by atoms with Gasteiger partial charge in [-0.3, -0.25) is 4.79 Å². The molecule has 4 N–H and O–H groups in total. The van der Waals surface area contributed by atoms with E-state index < -0.39 is 12.1 Å². The quantitative estimate of drug-likeness (QED) is 0.726. The molecule has 0 aromatic heterocycles. The summed E-state index contributed by atoms with van der Waals surface area (Å²) in [5.74, 6) is -0.805. The number of carboxylic acids is 1. The van der Waals surface area contributed by atoms with Crippen LogP contribution in [0.2, 0.25) is 0 Å². The highest BCUT2D eigenvalue weighted by atomic mass is 35.5. The summed E-state index contributed by atoms with van der Waals surface area (Å²) in [5, 5.41) is 17.9. The summed E-state index contributed by atoms with van der Waals surface area (Å²) in [6.07, 6.45) is -0.00819. The second-order valence-corrected chi connectivity index (χ2v) is 3.39. The monoisotopic (exact) mass is 245 g/mol. The Hall–Kier alpha value is -1.10. The van der Waals surface area contributed by atoms with E-state index in [1.807, 2.05) is 12.1 Å². The number of halogens is 1. The summed E-state index contributed by atoms with van der Waals surface area (Å²) in [7, 11) is 0. The molecule has 1 aromatic rings. The van der Waals surface area contributed by atoms with Crippen molar-refractivity contribution in [3.05, 3.63) is 35.4 Å². The smallest absolute Gasteiger partial charge is 0.303 e. The van der Waals surface area contributed by atoms with E-state index in [1.54, 1.807) is 12.1 Å². The lowest BCUT2D eigenvalue weighted by Gasteiger charge is -2.08. The third-order valence-electron chi connectivity index (χ3n) is 2.22. The van der Waals surface area contributed by atoms with Gasteiger partial charge in [0.15, 0.2) is 0 Å². The van der Waals surface area contributed by atoms with E-state index >= 15 is 0 Å². The van der Waals surface area contributed by atoms with Crippen LogP contribution in [0.5, 0.6) is 0 Å². The highest BCUT2D eigenvalue weighted by Crippen LogP contribution is 2.13. The number of rotatable bonds is 5. The van der Waals surface area contributed by atoms with Gasteiger partial charge in [-0.15, -0.1) is 12.4 Å². The zero-order valence-electron chi connectivity index (χ0n) is 8.80. The predicted octanol–water partition coefficient (Wildman–Crippen LogP) is 1.12. The van der Waals surface area contributed by atoms with Crippen molar-refractivity contribution < 1.29 is 15.0 Å². The molecule has 0 aliphatic rings. The topological polar surface area (TPSA) is 83.5 Å². The number of aliphatic carboxylic acids is 1. The number of carboxylic acid groups (broad SMARTS) is 1. The van der Waals surface area contributed by atoms with Crippen LogP contribution in [0, 0.1) is 0 Å². The normalized spacial score (nSPS) is 11.6. The molecule has 5 heteroatoms. The lowest BCUT2D eigenvalue weighted by atomic mass is 10.0. The average molecular weight is 246 g/mol. The van der Waals surface area contributed by atoms with E-state index in [9.17, 15) is 9.90 Å². The van der Waals surface area contributed by atoms with Gasteiger partial charge in [-0.1, -0.05) is 24.3 Å². The first-order valence-electron chi connectivity index (χ1n) is 4.82. The van der Waals surface area contributed by atoms with Gasteiger partial charge >= 0.3 is 5.97 Å². The van der Waals surface area contributed by atoms with Gasteiger partial charge in [-0.05, 0) is 17.5 Å². The molecule has 0 heterocycles. The third kappa shape index (κ3) is 4.61. The number of aliphatic hydroxyl groups excluding tert-OH is 1. The van der Waals surface area contributed by atoms with E-state index in [1.165, 1.54) is 0 Å². The molecular weight excluding hydrogens is 230 g/mol. The van der Waals surface area contributed by atoms with Gasteiger partial charge in [0.2, 0.25) is 0 Å². The van der Waals surface area contributed by atoms with E-state index in [4.69, 9.17) is 10.8 Å². The fourth-order valence-electron chi connectivity index (χ4n) is 1.29. The molecule has 1 unspecified atom stereocenters. The van der Waals surface area contributed by atoms with Crippen molar-refractivity contribution >= 4 is 18.4 Å². The Labute approximate surface area is 100 Å². The molecule has 0 amide bonds.